The molecule has 9 heteroatoms. The third-order valence-electron chi connectivity index (χ3n) is 5.51. The fourth-order valence-electron chi connectivity index (χ4n) is 3.83. The molecule has 0 atom stereocenters. The fraction of sp³-hybridized carbons (Fsp3) is 0.440. The molecule has 3 rings (SSSR count). The van der Waals surface area contributed by atoms with Crippen LogP contribution in [-0.2, 0) is 11.3 Å². The number of methoxy groups -OCH3 is 2. The smallest absolute Gasteiger partial charge is 0.258 e. The van der Waals surface area contributed by atoms with Crippen LogP contribution in [0.25, 0.3) is 0 Å². The first kappa shape index (κ1) is 25.6. The minimum atomic E-state index is -0.217. The number of hydrogen-bond acceptors (Lipinski definition) is 6. The highest BCUT2D eigenvalue weighted by Gasteiger charge is 2.24. The number of carbonyl (C=O) groups is 2. The summed E-state index contributed by atoms with van der Waals surface area (Å²) in [4.78, 5) is 29.0. The summed E-state index contributed by atoms with van der Waals surface area (Å²) in [5.41, 5.74) is 1.54. The SMILES string of the molecule is COc1ccc(Cl)cc1CN1CCN(C(=O)c2ccc(OCC(=O)NC(C)C)c(OC)c2)CC1. The second-order valence-electron chi connectivity index (χ2n) is 8.40. The zero-order chi connectivity index (χ0) is 24.7. The first-order valence-electron chi connectivity index (χ1n) is 11.2. The Morgan fingerprint density at radius 1 is 0.971 bits per heavy atom. The zero-order valence-electron chi connectivity index (χ0n) is 20.1. The molecule has 0 bridgehead atoms. The number of carbonyl (C=O) groups excluding carboxylic acids is 2. The van der Waals surface area contributed by atoms with E-state index in [9.17, 15) is 9.59 Å². The van der Waals surface area contributed by atoms with Crippen LogP contribution >= 0.6 is 11.6 Å². The molecular formula is C25H32ClN3O5. The van der Waals surface area contributed by atoms with E-state index in [1.54, 1.807) is 25.3 Å². The van der Waals surface area contributed by atoms with Gasteiger partial charge in [0, 0.05) is 54.9 Å². The lowest BCUT2D eigenvalue weighted by Crippen LogP contribution is -2.48. The number of halogens is 1. The molecule has 0 aliphatic carbocycles. The van der Waals surface area contributed by atoms with Gasteiger partial charge in [0.15, 0.2) is 18.1 Å². The van der Waals surface area contributed by atoms with Crippen LogP contribution in [0, 0.1) is 0 Å². The van der Waals surface area contributed by atoms with Gasteiger partial charge in [-0.1, -0.05) is 11.6 Å². The van der Waals surface area contributed by atoms with Gasteiger partial charge in [-0.15, -0.1) is 0 Å². The molecule has 0 spiro atoms. The standard InChI is InChI=1S/C25H32ClN3O5/c1-17(2)27-24(30)16-34-22-7-5-18(14-23(22)33-4)25(31)29-11-9-28(10-12-29)15-19-13-20(26)6-8-21(19)32-3/h5-8,13-14,17H,9-12,15-16H2,1-4H3,(H,27,30). The highest BCUT2D eigenvalue weighted by molar-refractivity contribution is 6.30. The van der Waals surface area contributed by atoms with Gasteiger partial charge in [0.25, 0.3) is 11.8 Å². The average Bonchev–Trinajstić information content (AvgIpc) is 2.82. The van der Waals surface area contributed by atoms with Crippen molar-refractivity contribution in [2.24, 2.45) is 0 Å². The van der Waals surface area contributed by atoms with Crippen LogP contribution < -0.4 is 19.5 Å². The van der Waals surface area contributed by atoms with Gasteiger partial charge >= 0.3 is 0 Å². The second-order valence-corrected chi connectivity index (χ2v) is 8.84. The van der Waals surface area contributed by atoms with Crippen LogP contribution in [0.15, 0.2) is 36.4 Å². The molecule has 184 valence electrons. The molecule has 8 nitrogen and oxygen atoms in total. The van der Waals surface area contributed by atoms with E-state index in [1.165, 1.54) is 7.11 Å². The molecule has 1 aliphatic heterocycles. The zero-order valence-corrected chi connectivity index (χ0v) is 20.9. The maximum Gasteiger partial charge on any atom is 0.258 e. The minimum absolute atomic E-state index is 0.0333. The Bertz CT molecular complexity index is 1010. The molecule has 2 amide bonds. The third kappa shape index (κ3) is 6.77. The van der Waals surface area contributed by atoms with E-state index in [-0.39, 0.29) is 24.5 Å². The topological polar surface area (TPSA) is 80.3 Å². The lowest BCUT2D eigenvalue weighted by molar-refractivity contribution is -0.123. The summed E-state index contributed by atoms with van der Waals surface area (Å²) >= 11 is 6.15. The van der Waals surface area contributed by atoms with Crippen molar-refractivity contribution in [3.63, 3.8) is 0 Å². The minimum Gasteiger partial charge on any atom is -0.496 e. The predicted molar refractivity (Wildman–Crippen MR) is 131 cm³/mol. The molecule has 1 aliphatic rings. The van der Waals surface area contributed by atoms with Gasteiger partial charge in [-0.25, -0.2) is 0 Å². The molecule has 1 N–H and O–H groups in total. The van der Waals surface area contributed by atoms with E-state index in [0.717, 1.165) is 24.4 Å². The molecule has 0 aromatic heterocycles. The van der Waals surface area contributed by atoms with Crippen molar-refractivity contribution in [3.05, 3.63) is 52.5 Å². The molecule has 0 saturated carbocycles. The van der Waals surface area contributed by atoms with Crippen LogP contribution in [0.5, 0.6) is 17.2 Å². The second kappa shape index (κ2) is 11.9. The normalized spacial score (nSPS) is 14.1. The summed E-state index contributed by atoms with van der Waals surface area (Å²) in [6, 6.07) is 10.6. The van der Waals surface area contributed by atoms with E-state index in [0.29, 0.717) is 41.7 Å². The largest absolute Gasteiger partial charge is 0.496 e. The van der Waals surface area contributed by atoms with Crippen molar-refractivity contribution in [1.82, 2.24) is 15.1 Å². The summed E-state index contributed by atoms with van der Waals surface area (Å²) in [6.45, 7) is 7.04. The van der Waals surface area contributed by atoms with E-state index in [4.69, 9.17) is 25.8 Å². The number of nitrogens with one attached hydrogen (secondary N) is 1. The van der Waals surface area contributed by atoms with Crippen molar-refractivity contribution in [3.8, 4) is 17.2 Å². The van der Waals surface area contributed by atoms with Gasteiger partial charge < -0.3 is 24.4 Å². The molecule has 1 saturated heterocycles. The van der Waals surface area contributed by atoms with Crippen LogP contribution in [0.3, 0.4) is 0 Å². The van der Waals surface area contributed by atoms with Gasteiger partial charge in [-0.2, -0.15) is 0 Å². The van der Waals surface area contributed by atoms with Crippen molar-refractivity contribution < 1.29 is 23.8 Å². The van der Waals surface area contributed by atoms with E-state index < -0.39 is 0 Å². The molecule has 1 heterocycles. The summed E-state index contributed by atoms with van der Waals surface area (Å²) in [5.74, 6) is 1.35. The van der Waals surface area contributed by atoms with Gasteiger partial charge in [-0.05, 0) is 50.2 Å². The molecular weight excluding hydrogens is 458 g/mol. The van der Waals surface area contributed by atoms with E-state index in [2.05, 4.69) is 10.2 Å². The van der Waals surface area contributed by atoms with Crippen molar-refractivity contribution >= 4 is 23.4 Å². The molecule has 0 radical (unpaired) electrons. The third-order valence-corrected chi connectivity index (χ3v) is 5.75. The average molecular weight is 490 g/mol. The Morgan fingerprint density at radius 3 is 2.29 bits per heavy atom. The van der Waals surface area contributed by atoms with Crippen molar-refractivity contribution in [2.45, 2.75) is 26.4 Å². The van der Waals surface area contributed by atoms with E-state index >= 15 is 0 Å². The van der Waals surface area contributed by atoms with Crippen molar-refractivity contribution in [1.29, 1.82) is 0 Å². The lowest BCUT2D eigenvalue weighted by atomic mass is 10.1. The summed E-state index contributed by atoms with van der Waals surface area (Å²) in [7, 11) is 3.15. The number of hydrogen-bond donors (Lipinski definition) is 1. The summed E-state index contributed by atoms with van der Waals surface area (Å²) in [6.07, 6.45) is 0. The number of piperazine rings is 1. The molecule has 2 aromatic rings. The van der Waals surface area contributed by atoms with Gasteiger partial charge in [0.1, 0.15) is 5.75 Å². The monoisotopic (exact) mass is 489 g/mol. The highest BCUT2D eigenvalue weighted by atomic mass is 35.5. The first-order valence-corrected chi connectivity index (χ1v) is 11.6. The van der Waals surface area contributed by atoms with E-state index in [1.807, 2.05) is 36.9 Å². The Balaban J connectivity index is 1.58. The van der Waals surface area contributed by atoms with Gasteiger partial charge in [-0.3, -0.25) is 14.5 Å². The first-order chi connectivity index (χ1) is 16.3. The Kier molecular flexibility index (Phi) is 9.01. The van der Waals surface area contributed by atoms with Gasteiger partial charge in [0.05, 0.1) is 14.2 Å². The molecule has 0 unspecified atom stereocenters. The lowest BCUT2D eigenvalue weighted by Gasteiger charge is -2.35. The molecule has 1 fully saturated rings. The number of amides is 2. The van der Waals surface area contributed by atoms with Crippen molar-refractivity contribution in [2.75, 3.05) is 47.0 Å². The fourth-order valence-corrected chi connectivity index (χ4v) is 4.02. The highest BCUT2D eigenvalue weighted by Crippen LogP contribution is 2.29. The van der Waals surface area contributed by atoms with Crippen LogP contribution in [-0.4, -0.2) is 74.7 Å². The number of benzene rings is 2. The molecule has 34 heavy (non-hydrogen) atoms. The van der Waals surface area contributed by atoms with Crippen LogP contribution in [0.4, 0.5) is 0 Å². The maximum atomic E-state index is 13.1. The number of rotatable bonds is 9. The maximum absolute atomic E-state index is 13.1. The summed E-state index contributed by atoms with van der Waals surface area (Å²) < 4.78 is 16.4. The number of nitrogens with zero attached hydrogens (tertiary/aromatic N) is 2. The van der Waals surface area contributed by atoms with Crippen LogP contribution in [0.1, 0.15) is 29.8 Å². The quantitative estimate of drug-likeness (QED) is 0.582. The number of ether oxygens (including phenoxy) is 3. The Labute approximate surface area is 205 Å². The summed E-state index contributed by atoms with van der Waals surface area (Å²) in [5, 5.41) is 3.44. The van der Waals surface area contributed by atoms with Crippen LogP contribution in [0.2, 0.25) is 5.02 Å². The predicted octanol–water partition coefficient (Wildman–Crippen LogP) is 3.22. The molecule has 2 aromatic carbocycles. The Hall–Kier alpha value is -2.97. The Morgan fingerprint density at radius 2 is 1.65 bits per heavy atom. The van der Waals surface area contributed by atoms with Gasteiger partial charge in [0.2, 0.25) is 0 Å².